The van der Waals surface area contributed by atoms with Gasteiger partial charge in [-0.1, -0.05) is 110 Å². The first-order valence-electron chi connectivity index (χ1n) is 14.8. The molecule has 0 bridgehead atoms. The molecule has 1 unspecified atom stereocenters. The molecule has 2 N–H and O–H groups in total. The molecule has 6 heteroatoms. The van der Waals surface area contributed by atoms with Gasteiger partial charge in [-0.05, 0) is 38.2 Å². The number of amides is 1. The number of carboxylic acid groups (broad SMARTS) is 1. The maximum absolute atomic E-state index is 12.3. The van der Waals surface area contributed by atoms with Gasteiger partial charge in [0.25, 0.3) is 0 Å². The van der Waals surface area contributed by atoms with Gasteiger partial charge in [0.2, 0.25) is 5.91 Å². The third-order valence-electron chi connectivity index (χ3n) is 6.40. The van der Waals surface area contributed by atoms with Crippen LogP contribution in [0.5, 0.6) is 0 Å². The van der Waals surface area contributed by atoms with Gasteiger partial charge in [0.15, 0.2) is 0 Å². The highest BCUT2D eigenvalue weighted by molar-refractivity contribution is 5.80. The summed E-state index contributed by atoms with van der Waals surface area (Å²) >= 11 is 0. The zero-order valence-corrected chi connectivity index (χ0v) is 23.4. The monoisotopic (exact) mass is 509 g/mol. The van der Waals surface area contributed by atoms with Crippen molar-refractivity contribution < 1.29 is 24.2 Å². The first-order chi connectivity index (χ1) is 17.5. The third kappa shape index (κ3) is 25.2. The van der Waals surface area contributed by atoms with Crippen LogP contribution in [0.25, 0.3) is 0 Å². The Labute approximate surface area is 221 Å². The fraction of sp³-hybridized carbons (Fsp3) is 0.833. The predicted molar refractivity (Wildman–Crippen MR) is 148 cm³/mol. The van der Waals surface area contributed by atoms with Crippen LogP contribution in [0.1, 0.15) is 149 Å². The number of carbonyl (C=O) groups is 3. The standard InChI is InChI=1S/C30H55NO5/c1-3-5-7-8-9-10-11-12-13-14-15-21-25-30(35)36-27(22-18-6-4-2)23-19-16-17-20-24-28(32)31-26-29(33)34/h18,22,27H,3-17,19-21,23-26H2,1-2H3,(H,31,32)(H,33,34)/b22-18-. The van der Waals surface area contributed by atoms with E-state index in [1.54, 1.807) is 0 Å². The lowest BCUT2D eigenvalue weighted by Crippen LogP contribution is -2.28. The van der Waals surface area contributed by atoms with Crippen LogP contribution in [0.15, 0.2) is 12.2 Å². The van der Waals surface area contributed by atoms with Gasteiger partial charge in [-0.15, -0.1) is 0 Å². The largest absolute Gasteiger partial charge is 0.480 e. The number of nitrogens with one attached hydrogen (secondary N) is 1. The molecule has 36 heavy (non-hydrogen) atoms. The second-order valence-electron chi connectivity index (χ2n) is 10.0. The number of carbonyl (C=O) groups excluding carboxylic acids is 2. The van der Waals surface area contributed by atoms with Gasteiger partial charge in [-0.25, -0.2) is 0 Å². The number of rotatable bonds is 26. The Morgan fingerprint density at radius 1 is 0.722 bits per heavy atom. The molecule has 0 rings (SSSR count). The first-order valence-corrected chi connectivity index (χ1v) is 14.8. The predicted octanol–water partition coefficient (Wildman–Crippen LogP) is 7.89. The number of aliphatic carboxylic acids is 1. The fourth-order valence-corrected chi connectivity index (χ4v) is 4.19. The first kappa shape index (κ1) is 34.1. The van der Waals surface area contributed by atoms with Crippen LogP contribution in [-0.4, -0.2) is 35.6 Å². The Bertz CT molecular complexity index is 576. The Hall–Kier alpha value is -1.85. The number of hydrogen-bond donors (Lipinski definition) is 2. The van der Waals surface area contributed by atoms with Crippen LogP contribution in [0.3, 0.4) is 0 Å². The summed E-state index contributed by atoms with van der Waals surface area (Å²) in [6, 6.07) is 0. The van der Waals surface area contributed by atoms with Crippen LogP contribution < -0.4 is 5.32 Å². The lowest BCUT2D eigenvalue weighted by Gasteiger charge is -2.15. The summed E-state index contributed by atoms with van der Waals surface area (Å²) in [5.74, 6) is -1.34. The van der Waals surface area contributed by atoms with Crippen molar-refractivity contribution in [2.24, 2.45) is 0 Å². The zero-order chi connectivity index (χ0) is 26.7. The normalized spacial score (nSPS) is 12.1. The summed E-state index contributed by atoms with van der Waals surface area (Å²) in [5, 5.41) is 11.0. The molecule has 0 radical (unpaired) electrons. The summed E-state index contributed by atoms with van der Waals surface area (Å²) in [5.41, 5.74) is 0. The number of carboxylic acids is 1. The molecule has 0 aromatic carbocycles. The summed E-state index contributed by atoms with van der Waals surface area (Å²) in [6.07, 6.45) is 26.6. The number of hydrogen-bond acceptors (Lipinski definition) is 4. The van der Waals surface area contributed by atoms with Crippen molar-refractivity contribution in [2.45, 2.75) is 155 Å². The molecule has 0 heterocycles. The minimum Gasteiger partial charge on any atom is -0.480 e. The van der Waals surface area contributed by atoms with Gasteiger partial charge in [0.05, 0.1) is 0 Å². The lowest BCUT2D eigenvalue weighted by molar-refractivity contribution is -0.147. The summed E-state index contributed by atoms with van der Waals surface area (Å²) in [7, 11) is 0. The van der Waals surface area contributed by atoms with Crippen molar-refractivity contribution in [3.63, 3.8) is 0 Å². The van der Waals surface area contributed by atoms with E-state index in [2.05, 4.69) is 25.2 Å². The van der Waals surface area contributed by atoms with Gasteiger partial charge in [0, 0.05) is 12.8 Å². The molecule has 0 saturated carbocycles. The molecule has 0 aromatic rings. The summed E-state index contributed by atoms with van der Waals surface area (Å²) in [4.78, 5) is 34.3. The Morgan fingerprint density at radius 3 is 1.81 bits per heavy atom. The molecule has 0 saturated heterocycles. The van der Waals surface area contributed by atoms with Gasteiger partial charge in [-0.3, -0.25) is 14.4 Å². The molecule has 0 fully saturated rings. The van der Waals surface area contributed by atoms with Crippen molar-refractivity contribution in [3.8, 4) is 0 Å². The number of esters is 1. The average Bonchev–Trinajstić information content (AvgIpc) is 2.85. The molecule has 0 aliphatic carbocycles. The summed E-state index contributed by atoms with van der Waals surface area (Å²) in [6.45, 7) is 4.06. The van der Waals surface area contributed by atoms with Crippen LogP contribution in [0.4, 0.5) is 0 Å². The quantitative estimate of drug-likeness (QED) is 0.0702. The molecule has 1 amide bonds. The minimum absolute atomic E-state index is 0.0941. The highest BCUT2D eigenvalue weighted by Gasteiger charge is 2.11. The molecule has 0 spiro atoms. The van der Waals surface area contributed by atoms with E-state index in [-0.39, 0.29) is 24.5 Å². The molecular weight excluding hydrogens is 454 g/mol. The van der Waals surface area contributed by atoms with Gasteiger partial charge >= 0.3 is 11.9 Å². The SMILES string of the molecule is CCC/C=C\C(CCCCCCC(=O)NCC(=O)O)OC(=O)CCCCCCCCCCCCCC. The Kier molecular flexibility index (Phi) is 24.9. The second kappa shape index (κ2) is 26.2. The molecular formula is C30H55NO5. The van der Waals surface area contributed by atoms with Gasteiger partial charge < -0.3 is 15.2 Å². The molecule has 6 nitrogen and oxygen atoms in total. The van der Waals surface area contributed by atoms with Crippen molar-refractivity contribution in [1.82, 2.24) is 5.32 Å². The minimum atomic E-state index is -1.03. The van der Waals surface area contributed by atoms with Crippen molar-refractivity contribution in [1.29, 1.82) is 0 Å². The fourth-order valence-electron chi connectivity index (χ4n) is 4.19. The van der Waals surface area contributed by atoms with E-state index in [1.165, 1.54) is 64.2 Å². The van der Waals surface area contributed by atoms with E-state index in [1.807, 2.05) is 6.08 Å². The Balaban J connectivity index is 3.89. The van der Waals surface area contributed by atoms with E-state index < -0.39 is 5.97 Å². The highest BCUT2D eigenvalue weighted by Crippen LogP contribution is 2.15. The van der Waals surface area contributed by atoms with Crippen LogP contribution in [0, 0.1) is 0 Å². The topological polar surface area (TPSA) is 92.7 Å². The molecule has 0 aliphatic rings. The van der Waals surface area contributed by atoms with Crippen LogP contribution in [0.2, 0.25) is 0 Å². The van der Waals surface area contributed by atoms with E-state index in [0.717, 1.165) is 57.8 Å². The molecule has 210 valence electrons. The maximum atomic E-state index is 12.3. The number of ether oxygens (including phenoxy) is 1. The van der Waals surface area contributed by atoms with Crippen LogP contribution in [-0.2, 0) is 19.1 Å². The Morgan fingerprint density at radius 2 is 1.25 bits per heavy atom. The molecule has 1 atom stereocenters. The average molecular weight is 510 g/mol. The molecule has 0 aromatic heterocycles. The van der Waals surface area contributed by atoms with Crippen LogP contribution >= 0.6 is 0 Å². The van der Waals surface area contributed by atoms with E-state index in [4.69, 9.17) is 9.84 Å². The lowest BCUT2D eigenvalue weighted by atomic mass is 10.0. The van der Waals surface area contributed by atoms with Gasteiger partial charge in [0.1, 0.15) is 12.6 Å². The zero-order valence-electron chi connectivity index (χ0n) is 23.4. The molecule has 0 aliphatic heterocycles. The van der Waals surface area contributed by atoms with E-state index in [9.17, 15) is 14.4 Å². The van der Waals surface area contributed by atoms with E-state index >= 15 is 0 Å². The van der Waals surface area contributed by atoms with Crippen molar-refractivity contribution in [3.05, 3.63) is 12.2 Å². The number of unbranched alkanes of at least 4 members (excludes halogenated alkanes) is 15. The number of allylic oxidation sites excluding steroid dienone is 1. The second-order valence-corrected chi connectivity index (χ2v) is 10.0. The smallest absolute Gasteiger partial charge is 0.322 e. The maximum Gasteiger partial charge on any atom is 0.322 e. The van der Waals surface area contributed by atoms with Gasteiger partial charge in [-0.2, -0.15) is 0 Å². The van der Waals surface area contributed by atoms with Crippen molar-refractivity contribution in [2.75, 3.05) is 6.54 Å². The summed E-state index contributed by atoms with van der Waals surface area (Å²) < 4.78 is 5.75. The highest BCUT2D eigenvalue weighted by atomic mass is 16.5. The third-order valence-corrected chi connectivity index (χ3v) is 6.40. The van der Waals surface area contributed by atoms with E-state index in [0.29, 0.717) is 12.8 Å². The van der Waals surface area contributed by atoms with Crippen molar-refractivity contribution >= 4 is 17.8 Å².